The summed E-state index contributed by atoms with van der Waals surface area (Å²) in [5.74, 6) is -0.291. The number of ether oxygens (including phenoxy) is 1. The van der Waals surface area contributed by atoms with Gasteiger partial charge >= 0.3 is 0 Å². The van der Waals surface area contributed by atoms with Gasteiger partial charge in [0.05, 0.1) is 13.2 Å². The van der Waals surface area contributed by atoms with Crippen LogP contribution in [0.1, 0.15) is 58.6 Å². The first-order valence-corrected chi connectivity index (χ1v) is 14.0. The van der Waals surface area contributed by atoms with E-state index in [9.17, 15) is 14.4 Å². The minimum Gasteiger partial charge on any atom is -0.379 e. The number of rotatable bonds is 9. The first-order chi connectivity index (χ1) is 19.2. The van der Waals surface area contributed by atoms with E-state index in [1.54, 1.807) is 4.90 Å². The number of benzene rings is 2. The molecule has 1 saturated heterocycles. The minimum atomic E-state index is -0.288. The van der Waals surface area contributed by atoms with E-state index in [4.69, 9.17) is 4.74 Å². The second-order valence-corrected chi connectivity index (χ2v) is 10.4. The summed E-state index contributed by atoms with van der Waals surface area (Å²) in [5.41, 5.74) is 6.90. The Kier molecular flexibility index (Phi) is 9.55. The van der Waals surface area contributed by atoms with E-state index in [2.05, 4.69) is 39.5 Å². The Morgan fingerprint density at radius 3 is 2.33 bits per heavy atom. The number of amides is 2. The van der Waals surface area contributed by atoms with Gasteiger partial charge in [-0.2, -0.15) is 0 Å². The summed E-state index contributed by atoms with van der Waals surface area (Å²) in [7, 11) is 0. The van der Waals surface area contributed by atoms with Gasteiger partial charge < -0.3 is 19.9 Å². The Balaban J connectivity index is 1.67. The van der Waals surface area contributed by atoms with Crippen LogP contribution in [0.4, 0.5) is 5.69 Å². The smallest absolute Gasteiger partial charge is 0.253 e. The molecule has 8 nitrogen and oxygen atoms in total. The quantitative estimate of drug-likeness (QED) is 0.414. The fraction of sp³-hybridized carbons (Fsp3) is 0.406. The summed E-state index contributed by atoms with van der Waals surface area (Å²) in [5, 5.41) is 2.94. The minimum absolute atomic E-state index is 0.00298. The lowest BCUT2D eigenvalue weighted by molar-refractivity contribution is -0.118. The lowest BCUT2D eigenvalue weighted by atomic mass is 9.95. The van der Waals surface area contributed by atoms with Crippen LogP contribution >= 0.6 is 0 Å². The molecule has 0 atom stereocenters. The first kappa shape index (κ1) is 29.2. The van der Waals surface area contributed by atoms with E-state index in [1.807, 2.05) is 52.8 Å². The van der Waals surface area contributed by atoms with Crippen LogP contribution in [0.5, 0.6) is 0 Å². The molecule has 2 heterocycles. The molecule has 0 radical (unpaired) electrons. The molecule has 4 rings (SSSR count). The molecule has 0 spiro atoms. The van der Waals surface area contributed by atoms with Gasteiger partial charge in [0.25, 0.3) is 11.5 Å². The number of pyridine rings is 1. The van der Waals surface area contributed by atoms with E-state index in [0.29, 0.717) is 24.1 Å². The van der Waals surface area contributed by atoms with E-state index >= 15 is 0 Å². The van der Waals surface area contributed by atoms with Gasteiger partial charge in [-0.15, -0.1) is 0 Å². The molecule has 3 aromatic rings. The average Bonchev–Trinajstić information content (AvgIpc) is 2.94. The van der Waals surface area contributed by atoms with Gasteiger partial charge in [0.15, 0.2) is 0 Å². The number of morpholine rings is 1. The second kappa shape index (κ2) is 13.1. The molecule has 0 bridgehead atoms. The Labute approximate surface area is 236 Å². The number of hydrogen-bond acceptors (Lipinski definition) is 5. The predicted octanol–water partition coefficient (Wildman–Crippen LogP) is 4.49. The van der Waals surface area contributed by atoms with Crippen LogP contribution in [-0.4, -0.2) is 54.5 Å². The van der Waals surface area contributed by atoms with Crippen LogP contribution in [0.3, 0.4) is 0 Å². The second-order valence-electron chi connectivity index (χ2n) is 10.4. The summed E-state index contributed by atoms with van der Waals surface area (Å²) in [6.07, 6.45) is 0.366. The van der Waals surface area contributed by atoms with Crippen LogP contribution in [0.2, 0.25) is 0 Å². The van der Waals surface area contributed by atoms with Gasteiger partial charge in [0, 0.05) is 61.7 Å². The number of hydrogen-bond donors (Lipinski definition) is 2. The molecule has 1 aromatic heterocycles. The molecule has 1 aliphatic rings. The maximum absolute atomic E-state index is 13.5. The Bertz CT molecular complexity index is 1420. The van der Waals surface area contributed by atoms with Crippen molar-refractivity contribution in [3.63, 3.8) is 0 Å². The number of carbonyl (C=O) groups is 2. The third-order valence-corrected chi connectivity index (χ3v) is 7.55. The van der Waals surface area contributed by atoms with E-state index in [1.165, 1.54) is 5.56 Å². The number of aromatic nitrogens is 1. The van der Waals surface area contributed by atoms with Gasteiger partial charge in [-0.25, -0.2) is 0 Å². The van der Waals surface area contributed by atoms with Gasteiger partial charge in [-0.1, -0.05) is 31.2 Å². The van der Waals surface area contributed by atoms with Crippen LogP contribution in [0.25, 0.3) is 11.1 Å². The zero-order valence-electron chi connectivity index (χ0n) is 24.2. The van der Waals surface area contributed by atoms with Gasteiger partial charge in [-0.05, 0) is 73.7 Å². The van der Waals surface area contributed by atoms with Crippen molar-refractivity contribution in [1.29, 1.82) is 0 Å². The van der Waals surface area contributed by atoms with Gasteiger partial charge in [0.2, 0.25) is 5.91 Å². The number of carbonyl (C=O) groups excluding carboxylic acids is 2. The third-order valence-electron chi connectivity index (χ3n) is 7.55. The van der Waals surface area contributed by atoms with Crippen molar-refractivity contribution in [2.24, 2.45) is 0 Å². The van der Waals surface area contributed by atoms with Crippen LogP contribution in [-0.2, 0) is 22.6 Å². The zero-order chi connectivity index (χ0) is 28.8. The lowest BCUT2D eigenvalue weighted by Gasteiger charge is -2.26. The molecule has 0 unspecified atom stereocenters. The van der Waals surface area contributed by atoms with Crippen LogP contribution in [0, 0.1) is 20.8 Å². The molecule has 0 aliphatic carbocycles. The van der Waals surface area contributed by atoms with Gasteiger partial charge in [0.1, 0.15) is 0 Å². The first-order valence-electron chi connectivity index (χ1n) is 14.0. The molecular weight excluding hydrogens is 504 g/mol. The molecule has 8 heteroatoms. The molecular formula is C32H40N4O4. The molecule has 2 N–H and O–H groups in total. The number of nitrogens with zero attached hydrogens (tertiary/aromatic N) is 2. The average molecular weight is 545 g/mol. The summed E-state index contributed by atoms with van der Waals surface area (Å²) >= 11 is 0. The van der Waals surface area contributed by atoms with Gasteiger partial charge in [-0.3, -0.25) is 19.3 Å². The van der Waals surface area contributed by atoms with Crippen molar-refractivity contribution in [1.82, 2.24) is 15.2 Å². The molecule has 0 saturated carbocycles. The fourth-order valence-electron chi connectivity index (χ4n) is 5.24. The van der Waals surface area contributed by atoms with Crippen molar-refractivity contribution < 1.29 is 14.3 Å². The van der Waals surface area contributed by atoms with Crippen molar-refractivity contribution in [2.45, 2.75) is 54.1 Å². The van der Waals surface area contributed by atoms with E-state index in [0.717, 1.165) is 66.5 Å². The Morgan fingerprint density at radius 1 is 1.00 bits per heavy atom. The lowest BCUT2D eigenvalue weighted by Crippen LogP contribution is -2.35. The highest BCUT2D eigenvalue weighted by Gasteiger charge is 2.21. The van der Waals surface area contributed by atoms with E-state index < -0.39 is 0 Å². The van der Waals surface area contributed by atoms with Crippen molar-refractivity contribution >= 4 is 17.5 Å². The standard InChI is InChI=1S/C32H40N4O4/c1-6-30(37)36(7-2)29-18-26(25-10-8-24(9-11-25)20-35-12-14-40-15-13-35)17-27(23(29)5)31(38)33-19-28-21(3)16-22(4)34-32(28)39/h8-11,16-18H,6-7,12-15,19-20H2,1-5H3,(H,33,38)(H,34,39). The highest BCUT2D eigenvalue weighted by molar-refractivity contribution is 6.02. The monoisotopic (exact) mass is 544 g/mol. The number of aromatic amines is 1. The summed E-state index contributed by atoms with van der Waals surface area (Å²) in [6.45, 7) is 14.2. The van der Waals surface area contributed by atoms with Crippen molar-refractivity contribution in [2.75, 3.05) is 37.7 Å². The normalized spacial score (nSPS) is 13.7. The summed E-state index contributed by atoms with van der Waals surface area (Å²) < 4.78 is 5.46. The van der Waals surface area contributed by atoms with E-state index in [-0.39, 0.29) is 23.9 Å². The van der Waals surface area contributed by atoms with Crippen LogP contribution in [0.15, 0.2) is 47.3 Å². The number of aryl methyl sites for hydroxylation is 2. The topological polar surface area (TPSA) is 94.7 Å². The molecule has 2 aromatic carbocycles. The molecule has 2 amide bonds. The maximum Gasteiger partial charge on any atom is 0.253 e. The SMILES string of the molecule is CCC(=O)N(CC)c1cc(-c2ccc(CN3CCOCC3)cc2)cc(C(=O)NCc2c(C)cc(C)[nH]c2=O)c1C. The number of anilines is 1. The van der Waals surface area contributed by atoms with Crippen molar-refractivity contribution in [3.05, 3.63) is 86.3 Å². The third kappa shape index (κ3) is 6.69. The highest BCUT2D eigenvalue weighted by Crippen LogP contribution is 2.32. The maximum atomic E-state index is 13.5. The zero-order valence-corrected chi connectivity index (χ0v) is 24.2. The molecule has 40 heavy (non-hydrogen) atoms. The molecule has 1 aliphatic heterocycles. The summed E-state index contributed by atoms with van der Waals surface area (Å²) in [6, 6.07) is 14.1. The Hall–Kier alpha value is -3.75. The highest BCUT2D eigenvalue weighted by atomic mass is 16.5. The van der Waals surface area contributed by atoms with Crippen LogP contribution < -0.4 is 15.8 Å². The van der Waals surface area contributed by atoms with Crippen molar-refractivity contribution in [3.8, 4) is 11.1 Å². The summed E-state index contributed by atoms with van der Waals surface area (Å²) in [4.78, 5) is 45.8. The molecule has 212 valence electrons. The number of H-pyrrole nitrogens is 1. The predicted molar refractivity (Wildman–Crippen MR) is 159 cm³/mol. The fourth-order valence-corrected chi connectivity index (χ4v) is 5.24. The largest absolute Gasteiger partial charge is 0.379 e. The number of nitrogens with one attached hydrogen (secondary N) is 2. The Morgan fingerprint density at radius 2 is 1.70 bits per heavy atom. The molecule has 1 fully saturated rings.